The van der Waals surface area contributed by atoms with Gasteiger partial charge in [-0.25, -0.2) is 8.42 Å². The highest BCUT2D eigenvalue weighted by atomic mass is 35.5. The summed E-state index contributed by atoms with van der Waals surface area (Å²) < 4.78 is 28.2. The van der Waals surface area contributed by atoms with Gasteiger partial charge in [0, 0.05) is 36.9 Å². The minimum Gasteiger partial charge on any atom is -0.348 e. The van der Waals surface area contributed by atoms with Crippen LogP contribution in [0.2, 0.25) is 5.02 Å². The molecule has 7 nitrogen and oxygen atoms in total. The molecule has 1 fully saturated rings. The van der Waals surface area contributed by atoms with Gasteiger partial charge in [0.1, 0.15) is 0 Å². The molecule has 1 aromatic heterocycles. The molecule has 0 bridgehead atoms. The lowest BCUT2D eigenvalue weighted by Crippen LogP contribution is -2.28. The third-order valence-electron chi connectivity index (χ3n) is 5.62. The number of halogens is 1. The van der Waals surface area contributed by atoms with Crippen LogP contribution in [0.15, 0.2) is 76.6 Å². The van der Waals surface area contributed by atoms with Crippen LogP contribution in [0.4, 0.5) is 0 Å². The number of hydrogen-bond acceptors (Lipinski definition) is 4. The second-order valence-electron chi connectivity index (χ2n) is 7.91. The molecule has 9 heteroatoms. The van der Waals surface area contributed by atoms with Crippen LogP contribution in [-0.2, 0) is 23.1 Å². The summed E-state index contributed by atoms with van der Waals surface area (Å²) in [6.45, 7) is 1.59. The third kappa shape index (κ3) is 5.35. The second-order valence-corrected chi connectivity index (χ2v) is 10.3. The molecule has 1 aliphatic rings. The van der Waals surface area contributed by atoms with Gasteiger partial charge in [0.15, 0.2) is 0 Å². The van der Waals surface area contributed by atoms with Crippen molar-refractivity contribution < 1.29 is 13.2 Å². The Labute approximate surface area is 197 Å². The molecule has 0 spiro atoms. The van der Waals surface area contributed by atoms with E-state index in [2.05, 4.69) is 5.32 Å². The van der Waals surface area contributed by atoms with E-state index in [9.17, 15) is 18.0 Å². The Morgan fingerprint density at radius 2 is 1.67 bits per heavy atom. The predicted molar refractivity (Wildman–Crippen MR) is 127 cm³/mol. The molecule has 0 atom stereocenters. The largest absolute Gasteiger partial charge is 0.348 e. The van der Waals surface area contributed by atoms with Crippen molar-refractivity contribution in [1.29, 1.82) is 0 Å². The minimum absolute atomic E-state index is 0.229. The lowest BCUT2D eigenvalue weighted by Gasteiger charge is -2.15. The lowest BCUT2D eigenvalue weighted by molar-refractivity contribution is 0.0950. The summed E-state index contributed by atoms with van der Waals surface area (Å²) in [4.78, 5) is 25.1. The monoisotopic (exact) mass is 485 g/mol. The van der Waals surface area contributed by atoms with Gasteiger partial charge >= 0.3 is 0 Å². The van der Waals surface area contributed by atoms with Crippen molar-refractivity contribution in [2.45, 2.75) is 30.8 Å². The van der Waals surface area contributed by atoms with E-state index in [1.807, 2.05) is 18.2 Å². The molecule has 0 saturated carbocycles. The number of nitrogens with zero attached hydrogens (tertiary/aromatic N) is 2. The summed E-state index contributed by atoms with van der Waals surface area (Å²) in [5.41, 5.74) is 1.66. The van der Waals surface area contributed by atoms with Crippen LogP contribution in [0.1, 0.15) is 34.3 Å². The Kier molecular flexibility index (Phi) is 6.97. The lowest BCUT2D eigenvalue weighted by atomic mass is 10.2. The van der Waals surface area contributed by atoms with Crippen molar-refractivity contribution in [2.24, 2.45) is 0 Å². The molecular formula is C24H24ClN3O4S. The maximum atomic E-state index is 12.6. The molecule has 0 aliphatic carbocycles. The Balaban J connectivity index is 1.42. The van der Waals surface area contributed by atoms with Gasteiger partial charge in [0.2, 0.25) is 10.0 Å². The van der Waals surface area contributed by atoms with Crippen LogP contribution in [0.3, 0.4) is 0 Å². The number of hydrogen-bond donors (Lipinski definition) is 1. The van der Waals surface area contributed by atoms with Crippen LogP contribution in [-0.4, -0.2) is 36.3 Å². The van der Waals surface area contributed by atoms with Crippen LogP contribution in [0.5, 0.6) is 0 Å². The molecule has 3 aromatic rings. The number of nitrogens with one attached hydrogen (secondary N) is 1. The first kappa shape index (κ1) is 23.2. The SMILES string of the molecule is O=C(NCc1ccc(S(=O)(=O)N2CCCC2)cc1)c1ccc(=O)n(Cc2ccccc2Cl)c1. The summed E-state index contributed by atoms with van der Waals surface area (Å²) in [7, 11) is -3.46. The van der Waals surface area contributed by atoms with Gasteiger partial charge in [-0.1, -0.05) is 41.9 Å². The average Bonchev–Trinajstić information content (AvgIpc) is 3.37. The normalized spacial score (nSPS) is 14.3. The zero-order valence-corrected chi connectivity index (χ0v) is 19.5. The number of aromatic nitrogens is 1. The summed E-state index contributed by atoms with van der Waals surface area (Å²) in [5.74, 6) is -0.336. The second kappa shape index (κ2) is 9.91. The number of pyridine rings is 1. The van der Waals surface area contributed by atoms with E-state index in [1.165, 1.54) is 27.2 Å². The van der Waals surface area contributed by atoms with E-state index >= 15 is 0 Å². The van der Waals surface area contributed by atoms with Crippen molar-refractivity contribution in [2.75, 3.05) is 13.1 Å². The highest BCUT2D eigenvalue weighted by molar-refractivity contribution is 7.89. The van der Waals surface area contributed by atoms with Crippen LogP contribution < -0.4 is 10.9 Å². The molecule has 33 heavy (non-hydrogen) atoms. The van der Waals surface area contributed by atoms with E-state index in [0.29, 0.717) is 23.7 Å². The van der Waals surface area contributed by atoms with E-state index in [1.54, 1.807) is 30.3 Å². The highest BCUT2D eigenvalue weighted by Gasteiger charge is 2.26. The predicted octanol–water partition coefficient (Wildman–Crippen LogP) is 3.26. The Hall–Kier alpha value is -2.94. The fourth-order valence-corrected chi connectivity index (χ4v) is 5.45. The summed E-state index contributed by atoms with van der Waals surface area (Å²) in [6, 6.07) is 16.6. The molecule has 1 aliphatic heterocycles. The third-order valence-corrected chi connectivity index (χ3v) is 7.91. The maximum Gasteiger partial charge on any atom is 0.253 e. The number of sulfonamides is 1. The zero-order valence-electron chi connectivity index (χ0n) is 17.9. The Bertz CT molecular complexity index is 1310. The average molecular weight is 486 g/mol. The van der Waals surface area contributed by atoms with Crippen LogP contribution in [0, 0.1) is 0 Å². The molecular weight excluding hydrogens is 462 g/mol. The number of benzene rings is 2. The fourth-order valence-electron chi connectivity index (χ4n) is 3.74. The quantitative estimate of drug-likeness (QED) is 0.556. The van der Waals surface area contributed by atoms with Crippen molar-refractivity contribution in [3.8, 4) is 0 Å². The first-order chi connectivity index (χ1) is 15.8. The van der Waals surface area contributed by atoms with Crippen molar-refractivity contribution >= 4 is 27.5 Å². The molecule has 0 radical (unpaired) electrons. The van der Waals surface area contributed by atoms with E-state index in [0.717, 1.165) is 24.0 Å². The molecule has 2 heterocycles. The topological polar surface area (TPSA) is 88.5 Å². The summed E-state index contributed by atoms with van der Waals surface area (Å²) >= 11 is 6.19. The van der Waals surface area contributed by atoms with Crippen LogP contribution >= 0.6 is 11.6 Å². The molecule has 172 valence electrons. The zero-order chi connectivity index (χ0) is 23.4. The number of carbonyl (C=O) groups is 1. The van der Waals surface area contributed by atoms with E-state index in [-0.39, 0.29) is 29.5 Å². The Morgan fingerprint density at radius 1 is 0.970 bits per heavy atom. The minimum atomic E-state index is -3.46. The van der Waals surface area contributed by atoms with Crippen LogP contribution in [0.25, 0.3) is 0 Å². The maximum absolute atomic E-state index is 12.6. The summed E-state index contributed by atoms with van der Waals surface area (Å²) in [5, 5.41) is 3.36. The van der Waals surface area contributed by atoms with Crippen molar-refractivity contribution in [3.63, 3.8) is 0 Å². The standard InChI is InChI=1S/C24H24ClN3O4S/c25-22-6-2-1-5-19(22)16-27-17-20(9-12-23(27)29)24(30)26-15-18-7-10-21(11-8-18)33(31,32)28-13-3-4-14-28/h1-2,5-12,17H,3-4,13-16H2,(H,26,30). The van der Waals surface area contributed by atoms with Gasteiger partial charge in [0.25, 0.3) is 11.5 Å². The number of carbonyl (C=O) groups excluding carboxylic acids is 1. The van der Waals surface area contributed by atoms with Gasteiger partial charge in [-0.3, -0.25) is 9.59 Å². The first-order valence-corrected chi connectivity index (χ1v) is 12.5. The molecule has 2 aromatic carbocycles. The van der Waals surface area contributed by atoms with E-state index in [4.69, 9.17) is 11.6 Å². The van der Waals surface area contributed by atoms with Crippen molar-refractivity contribution in [3.05, 3.63) is 98.9 Å². The van der Waals surface area contributed by atoms with Gasteiger partial charge < -0.3 is 9.88 Å². The van der Waals surface area contributed by atoms with Crippen molar-refractivity contribution in [1.82, 2.24) is 14.2 Å². The summed E-state index contributed by atoms with van der Waals surface area (Å²) in [6.07, 6.45) is 3.27. The molecule has 1 amide bonds. The Morgan fingerprint density at radius 3 is 2.36 bits per heavy atom. The van der Waals surface area contributed by atoms with Gasteiger partial charge in [0.05, 0.1) is 17.0 Å². The number of amides is 1. The molecule has 4 rings (SSSR count). The highest BCUT2D eigenvalue weighted by Crippen LogP contribution is 2.21. The fraction of sp³-hybridized carbons (Fsp3) is 0.250. The van der Waals surface area contributed by atoms with Gasteiger partial charge in [-0.05, 0) is 48.2 Å². The smallest absolute Gasteiger partial charge is 0.253 e. The number of rotatable bonds is 7. The van der Waals surface area contributed by atoms with Gasteiger partial charge in [-0.15, -0.1) is 0 Å². The van der Waals surface area contributed by atoms with E-state index < -0.39 is 10.0 Å². The first-order valence-electron chi connectivity index (χ1n) is 10.7. The molecule has 1 N–H and O–H groups in total. The molecule has 0 unspecified atom stereocenters. The molecule has 1 saturated heterocycles. The van der Waals surface area contributed by atoms with Gasteiger partial charge in [-0.2, -0.15) is 4.31 Å².